The van der Waals surface area contributed by atoms with E-state index in [0.717, 1.165) is 42.9 Å². The molecule has 4 heterocycles. The van der Waals surface area contributed by atoms with Gasteiger partial charge in [0.1, 0.15) is 5.52 Å². The molecule has 2 aliphatic heterocycles. The molecule has 178 valence electrons. The minimum Gasteiger partial charge on any atom is -0.369 e. The number of anilines is 4. The van der Waals surface area contributed by atoms with Gasteiger partial charge in [-0.1, -0.05) is 0 Å². The molecule has 1 atom stereocenters. The molecule has 0 bridgehead atoms. The predicted octanol–water partition coefficient (Wildman–Crippen LogP) is 4.06. The molecule has 9 heteroatoms. The van der Waals surface area contributed by atoms with Crippen molar-refractivity contribution in [2.24, 2.45) is 5.41 Å². The molecular formula is C25H29F2N7. The van der Waals surface area contributed by atoms with Crippen LogP contribution in [0.15, 0.2) is 36.5 Å². The van der Waals surface area contributed by atoms with Gasteiger partial charge in [0.2, 0.25) is 5.95 Å². The summed E-state index contributed by atoms with van der Waals surface area (Å²) in [7, 11) is 2.15. The zero-order valence-corrected chi connectivity index (χ0v) is 19.6. The maximum absolute atomic E-state index is 14.0. The fraction of sp³-hybridized carbons (Fsp3) is 0.480. The molecule has 1 N–H and O–H groups in total. The van der Waals surface area contributed by atoms with Crippen molar-refractivity contribution in [2.45, 2.75) is 25.7 Å². The number of rotatable bonds is 4. The van der Waals surface area contributed by atoms with Crippen LogP contribution in [0.25, 0.3) is 10.9 Å². The average molecular weight is 466 g/mol. The van der Waals surface area contributed by atoms with Crippen molar-refractivity contribution in [3.05, 3.63) is 42.2 Å². The van der Waals surface area contributed by atoms with E-state index in [9.17, 15) is 8.78 Å². The van der Waals surface area contributed by atoms with Gasteiger partial charge in [0, 0.05) is 74.3 Å². The smallest absolute Gasteiger partial charge is 0.256 e. The van der Waals surface area contributed by atoms with Crippen LogP contribution >= 0.6 is 0 Å². The van der Waals surface area contributed by atoms with E-state index in [4.69, 9.17) is 9.97 Å². The lowest BCUT2D eigenvalue weighted by atomic mass is 10.1. The molecule has 2 aromatic heterocycles. The van der Waals surface area contributed by atoms with Crippen LogP contribution in [0.4, 0.5) is 31.9 Å². The van der Waals surface area contributed by atoms with E-state index < -0.39 is 11.3 Å². The molecule has 7 nitrogen and oxygen atoms in total. The quantitative estimate of drug-likeness (QED) is 0.623. The van der Waals surface area contributed by atoms with Crippen LogP contribution in [-0.2, 0) is 0 Å². The van der Waals surface area contributed by atoms with Gasteiger partial charge in [-0.15, -0.1) is 0 Å². The van der Waals surface area contributed by atoms with Crippen LogP contribution in [0.3, 0.4) is 0 Å². The third-order valence-electron chi connectivity index (χ3n) is 7.53. The monoisotopic (exact) mass is 465 g/mol. The third kappa shape index (κ3) is 3.72. The summed E-state index contributed by atoms with van der Waals surface area (Å²) >= 11 is 0. The first kappa shape index (κ1) is 21.5. The average Bonchev–Trinajstić information content (AvgIpc) is 3.13. The van der Waals surface area contributed by atoms with Crippen molar-refractivity contribution in [3.8, 4) is 0 Å². The number of likely N-dealkylation sites (N-methyl/N-ethyl adjacent to an activating group) is 1. The van der Waals surface area contributed by atoms with Gasteiger partial charge in [0.25, 0.3) is 5.92 Å². The summed E-state index contributed by atoms with van der Waals surface area (Å²) in [5.41, 5.74) is 2.74. The number of halogens is 2. The van der Waals surface area contributed by atoms with Crippen molar-refractivity contribution >= 4 is 34.0 Å². The molecular weight excluding hydrogens is 436 g/mol. The molecule has 0 radical (unpaired) electrons. The van der Waals surface area contributed by atoms with E-state index in [0.29, 0.717) is 36.8 Å². The van der Waals surface area contributed by atoms with Gasteiger partial charge in [-0.25, -0.2) is 23.7 Å². The van der Waals surface area contributed by atoms with Gasteiger partial charge in [0.05, 0.1) is 5.41 Å². The Labute approximate surface area is 197 Å². The zero-order chi connectivity index (χ0) is 23.5. The second kappa shape index (κ2) is 7.73. The Balaban J connectivity index is 1.24. The maximum atomic E-state index is 14.0. The van der Waals surface area contributed by atoms with Gasteiger partial charge in [-0.3, -0.25) is 0 Å². The number of piperazine rings is 1. The molecule has 3 aliphatic rings. The van der Waals surface area contributed by atoms with Gasteiger partial charge < -0.3 is 20.0 Å². The molecule has 1 spiro atoms. The first-order chi connectivity index (χ1) is 16.3. The van der Waals surface area contributed by atoms with E-state index in [2.05, 4.69) is 39.3 Å². The number of nitrogens with one attached hydrogen (secondary N) is 1. The summed E-state index contributed by atoms with van der Waals surface area (Å²) in [6.07, 6.45) is 2.25. The summed E-state index contributed by atoms with van der Waals surface area (Å²) < 4.78 is 27.9. The van der Waals surface area contributed by atoms with Crippen LogP contribution in [-0.4, -0.2) is 72.1 Å². The first-order valence-corrected chi connectivity index (χ1v) is 11.9. The number of hydrogen-bond donors (Lipinski definition) is 1. The number of alkyl halides is 2. The molecule has 3 fully saturated rings. The number of pyridine rings is 1. The Morgan fingerprint density at radius 1 is 0.971 bits per heavy atom. The fourth-order valence-corrected chi connectivity index (χ4v) is 5.26. The lowest BCUT2D eigenvalue weighted by Crippen LogP contribution is -2.44. The number of aromatic nitrogens is 3. The molecule has 3 aromatic rings. The minimum atomic E-state index is -2.56. The molecule has 2 saturated heterocycles. The normalized spacial score (nSPS) is 24.2. The predicted molar refractivity (Wildman–Crippen MR) is 130 cm³/mol. The first-order valence-electron chi connectivity index (χ1n) is 11.9. The van der Waals surface area contributed by atoms with Crippen LogP contribution in [0.5, 0.6) is 0 Å². The van der Waals surface area contributed by atoms with Crippen molar-refractivity contribution in [3.63, 3.8) is 0 Å². The Hall–Kier alpha value is -3.07. The van der Waals surface area contributed by atoms with Crippen LogP contribution < -0.4 is 15.1 Å². The Kier molecular flexibility index (Phi) is 4.88. The van der Waals surface area contributed by atoms with E-state index in [1.165, 1.54) is 5.69 Å². The molecule has 1 saturated carbocycles. The number of benzene rings is 1. The van der Waals surface area contributed by atoms with Gasteiger partial charge in [0.15, 0.2) is 5.82 Å². The highest BCUT2D eigenvalue weighted by Gasteiger charge is 2.72. The lowest BCUT2D eigenvalue weighted by molar-refractivity contribution is 0.0711. The van der Waals surface area contributed by atoms with Crippen LogP contribution in [0, 0.1) is 12.3 Å². The van der Waals surface area contributed by atoms with Gasteiger partial charge in [-0.05, 0) is 50.7 Å². The molecule has 1 unspecified atom stereocenters. The number of nitrogens with zero attached hydrogens (tertiary/aromatic N) is 6. The summed E-state index contributed by atoms with van der Waals surface area (Å²) in [6, 6.07) is 10.2. The summed E-state index contributed by atoms with van der Waals surface area (Å²) in [4.78, 5) is 20.6. The fourth-order valence-electron chi connectivity index (χ4n) is 5.26. The zero-order valence-electron chi connectivity index (χ0n) is 19.6. The SMILES string of the molecule is Cc1cc2cnc(Nc3ccc(N4CCN(C)CC4)cc3)nc2c(N2CCC3(C2)CC3(F)F)n1. The topological polar surface area (TPSA) is 60.4 Å². The number of fused-ring (bicyclic) bond motifs is 1. The lowest BCUT2D eigenvalue weighted by Gasteiger charge is -2.34. The highest BCUT2D eigenvalue weighted by atomic mass is 19.3. The summed E-state index contributed by atoms with van der Waals surface area (Å²) in [5, 5.41) is 4.16. The van der Waals surface area contributed by atoms with E-state index in [1.54, 1.807) is 6.20 Å². The van der Waals surface area contributed by atoms with E-state index >= 15 is 0 Å². The maximum Gasteiger partial charge on any atom is 0.256 e. The summed E-state index contributed by atoms with van der Waals surface area (Å²) in [5.74, 6) is -1.41. The molecule has 6 rings (SSSR count). The number of hydrogen-bond acceptors (Lipinski definition) is 7. The highest BCUT2D eigenvalue weighted by molar-refractivity contribution is 5.89. The largest absolute Gasteiger partial charge is 0.369 e. The van der Waals surface area contributed by atoms with E-state index in [1.807, 2.05) is 30.0 Å². The van der Waals surface area contributed by atoms with Crippen molar-refractivity contribution in [2.75, 3.05) is 61.4 Å². The number of aryl methyl sites for hydroxylation is 1. The minimum absolute atomic E-state index is 0.0217. The Morgan fingerprint density at radius 2 is 1.71 bits per heavy atom. The van der Waals surface area contributed by atoms with Crippen molar-refractivity contribution in [1.29, 1.82) is 0 Å². The molecule has 1 aromatic carbocycles. The molecule has 34 heavy (non-hydrogen) atoms. The third-order valence-corrected chi connectivity index (χ3v) is 7.53. The van der Waals surface area contributed by atoms with Crippen LogP contribution in [0.1, 0.15) is 18.5 Å². The van der Waals surface area contributed by atoms with Crippen molar-refractivity contribution in [1.82, 2.24) is 19.9 Å². The Bertz CT molecular complexity index is 1220. The molecule has 1 aliphatic carbocycles. The van der Waals surface area contributed by atoms with Crippen molar-refractivity contribution < 1.29 is 8.78 Å². The second-order valence-corrected chi connectivity index (χ2v) is 10.0. The van der Waals surface area contributed by atoms with Crippen LogP contribution in [0.2, 0.25) is 0 Å². The standard InChI is InChI=1S/C25H29F2N7/c1-17-13-18-14-28-23(30-19-3-5-20(6-4-19)33-11-9-32(2)10-12-33)31-21(18)22(29-17)34-8-7-24(16-34)15-25(24,26)27/h3-6,13-14H,7-12,15-16H2,1-2H3,(H,28,30,31). The molecule has 0 amide bonds. The van der Waals surface area contributed by atoms with Gasteiger partial charge >= 0.3 is 0 Å². The second-order valence-electron chi connectivity index (χ2n) is 10.0. The Morgan fingerprint density at radius 3 is 2.38 bits per heavy atom. The highest BCUT2D eigenvalue weighted by Crippen LogP contribution is 2.65. The summed E-state index contributed by atoms with van der Waals surface area (Å²) in [6.45, 7) is 6.99. The van der Waals surface area contributed by atoms with E-state index in [-0.39, 0.29) is 6.42 Å². The van der Waals surface area contributed by atoms with Gasteiger partial charge in [-0.2, -0.15) is 0 Å².